The van der Waals surface area contributed by atoms with Gasteiger partial charge in [-0.1, -0.05) is 33.6 Å². The van der Waals surface area contributed by atoms with E-state index < -0.39 is 55.2 Å². The van der Waals surface area contributed by atoms with Crippen molar-refractivity contribution in [1.29, 1.82) is 0 Å². The number of anilines is 1. The molecule has 3 aromatic rings. The number of hydrogen-bond donors (Lipinski definition) is 1. The molecular formula is C20H12BrClF4N2O4S. The lowest BCUT2D eigenvalue weighted by Gasteiger charge is -2.15. The van der Waals surface area contributed by atoms with Crippen LogP contribution in [0.4, 0.5) is 23.2 Å². The summed E-state index contributed by atoms with van der Waals surface area (Å²) in [5, 5.41) is -0.0865. The lowest BCUT2D eigenvalue weighted by Crippen LogP contribution is -2.18. The minimum atomic E-state index is -4.83. The van der Waals surface area contributed by atoms with Gasteiger partial charge < -0.3 is 4.74 Å². The van der Waals surface area contributed by atoms with Gasteiger partial charge >= 0.3 is 6.18 Å². The molecule has 2 aromatic carbocycles. The first-order valence-corrected chi connectivity index (χ1v) is 11.4. The van der Waals surface area contributed by atoms with Crippen LogP contribution in [0.2, 0.25) is 5.02 Å². The van der Waals surface area contributed by atoms with E-state index in [1.165, 1.54) is 19.2 Å². The van der Waals surface area contributed by atoms with Crippen molar-refractivity contribution in [3.8, 4) is 5.75 Å². The molecule has 0 fully saturated rings. The molecule has 0 radical (unpaired) electrons. The number of nitrogens with zero attached hydrogens (tertiary/aromatic N) is 1. The van der Waals surface area contributed by atoms with E-state index in [9.17, 15) is 30.8 Å². The van der Waals surface area contributed by atoms with Crippen molar-refractivity contribution in [2.24, 2.45) is 0 Å². The van der Waals surface area contributed by atoms with Gasteiger partial charge in [0.05, 0.1) is 28.3 Å². The van der Waals surface area contributed by atoms with Gasteiger partial charge in [0.25, 0.3) is 10.0 Å². The molecule has 0 bridgehead atoms. The van der Waals surface area contributed by atoms with Crippen LogP contribution in [0.15, 0.2) is 58.0 Å². The fourth-order valence-corrected chi connectivity index (χ4v) is 4.52. The van der Waals surface area contributed by atoms with Crippen molar-refractivity contribution in [2.45, 2.75) is 11.1 Å². The van der Waals surface area contributed by atoms with Gasteiger partial charge in [-0.3, -0.25) is 9.52 Å². The molecule has 0 atom stereocenters. The zero-order valence-electron chi connectivity index (χ0n) is 16.4. The highest BCUT2D eigenvalue weighted by Gasteiger charge is 2.34. The number of rotatable bonds is 6. The summed E-state index contributed by atoms with van der Waals surface area (Å²) in [6.45, 7) is 0. The van der Waals surface area contributed by atoms with Crippen molar-refractivity contribution < 1.29 is 35.5 Å². The summed E-state index contributed by atoms with van der Waals surface area (Å²) in [6.07, 6.45) is -3.80. The van der Waals surface area contributed by atoms with Crippen molar-refractivity contribution >= 4 is 49.0 Å². The number of nitrogens with one attached hydrogen (secondary N) is 1. The van der Waals surface area contributed by atoms with Gasteiger partial charge in [-0.2, -0.15) is 13.2 Å². The Morgan fingerprint density at radius 2 is 1.88 bits per heavy atom. The first-order valence-electron chi connectivity index (χ1n) is 8.77. The summed E-state index contributed by atoms with van der Waals surface area (Å²) < 4.78 is 86.3. The molecule has 0 aliphatic carbocycles. The van der Waals surface area contributed by atoms with E-state index in [-0.39, 0.29) is 15.2 Å². The first-order chi connectivity index (χ1) is 15.3. The molecule has 0 aliphatic rings. The van der Waals surface area contributed by atoms with E-state index in [1.807, 2.05) is 4.72 Å². The fraction of sp³-hybridized carbons (Fsp3) is 0.100. The number of alkyl halides is 3. The summed E-state index contributed by atoms with van der Waals surface area (Å²) in [5.41, 5.74) is -2.74. The number of methoxy groups -OCH3 is 1. The molecule has 174 valence electrons. The molecule has 0 amide bonds. The molecule has 0 unspecified atom stereocenters. The van der Waals surface area contributed by atoms with Gasteiger partial charge in [-0.25, -0.2) is 17.8 Å². The molecular weight excluding hydrogens is 556 g/mol. The zero-order chi connectivity index (χ0) is 24.6. The van der Waals surface area contributed by atoms with Gasteiger partial charge in [0.2, 0.25) is 5.78 Å². The number of ketones is 1. The predicted octanol–water partition coefficient (Wildman–Crippen LogP) is 5.70. The van der Waals surface area contributed by atoms with Crippen LogP contribution >= 0.6 is 27.5 Å². The molecule has 0 aliphatic heterocycles. The summed E-state index contributed by atoms with van der Waals surface area (Å²) in [6, 6.07) is 6.91. The van der Waals surface area contributed by atoms with Gasteiger partial charge in [0.1, 0.15) is 22.8 Å². The topological polar surface area (TPSA) is 85.4 Å². The monoisotopic (exact) mass is 566 g/mol. The average Bonchev–Trinajstić information content (AvgIpc) is 2.72. The number of carbonyl (C=O) groups is 1. The molecule has 3 rings (SSSR count). The molecule has 1 heterocycles. The third kappa shape index (κ3) is 5.28. The van der Waals surface area contributed by atoms with E-state index in [2.05, 4.69) is 20.9 Å². The Balaban J connectivity index is 2.10. The quantitative estimate of drug-likeness (QED) is 0.305. The number of sulfonamides is 1. The number of pyridine rings is 1. The molecule has 0 saturated carbocycles. The zero-order valence-corrected chi connectivity index (χ0v) is 19.5. The van der Waals surface area contributed by atoms with Crippen LogP contribution in [0.25, 0.3) is 0 Å². The number of halogens is 6. The molecule has 0 saturated heterocycles. The molecule has 0 spiro atoms. The summed E-state index contributed by atoms with van der Waals surface area (Å²) >= 11 is 8.61. The van der Waals surface area contributed by atoms with E-state index in [0.29, 0.717) is 6.07 Å². The molecule has 1 aromatic heterocycles. The smallest absolute Gasteiger partial charge is 0.417 e. The minimum Gasteiger partial charge on any atom is -0.496 e. The summed E-state index contributed by atoms with van der Waals surface area (Å²) in [7, 11) is -3.44. The molecule has 1 N–H and O–H groups in total. The average molecular weight is 568 g/mol. The van der Waals surface area contributed by atoms with Gasteiger partial charge in [0.15, 0.2) is 0 Å². The summed E-state index contributed by atoms with van der Waals surface area (Å²) in [4.78, 5) is 16.1. The lowest BCUT2D eigenvalue weighted by atomic mass is 10.0. The number of carbonyl (C=O) groups excluding carboxylic acids is 1. The lowest BCUT2D eigenvalue weighted by molar-refractivity contribution is -0.138. The van der Waals surface area contributed by atoms with Gasteiger partial charge in [-0.15, -0.1) is 0 Å². The Kier molecular flexibility index (Phi) is 7.01. The minimum absolute atomic E-state index is 0.0865. The van der Waals surface area contributed by atoms with Crippen LogP contribution in [0.5, 0.6) is 5.75 Å². The third-order valence-electron chi connectivity index (χ3n) is 4.29. The first kappa shape index (κ1) is 24.9. The predicted molar refractivity (Wildman–Crippen MR) is 116 cm³/mol. The Bertz CT molecular complexity index is 1350. The highest BCUT2D eigenvalue weighted by molar-refractivity contribution is 9.10. The molecule has 33 heavy (non-hydrogen) atoms. The van der Waals surface area contributed by atoms with Crippen molar-refractivity contribution in [1.82, 2.24) is 4.98 Å². The van der Waals surface area contributed by atoms with Crippen LogP contribution in [-0.4, -0.2) is 26.3 Å². The van der Waals surface area contributed by atoms with Gasteiger partial charge in [-0.05, 0) is 36.4 Å². The van der Waals surface area contributed by atoms with E-state index in [4.69, 9.17) is 16.3 Å². The summed E-state index contributed by atoms with van der Waals surface area (Å²) in [5.74, 6) is -2.12. The van der Waals surface area contributed by atoms with Crippen LogP contribution < -0.4 is 9.46 Å². The largest absolute Gasteiger partial charge is 0.496 e. The van der Waals surface area contributed by atoms with Crippen molar-refractivity contribution in [2.75, 3.05) is 11.8 Å². The third-order valence-corrected chi connectivity index (χ3v) is 6.55. The van der Waals surface area contributed by atoms with E-state index in [0.717, 1.165) is 30.5 Å². The normalized spacial score (nSPS) is 11.8. The van der Waals surface area contributed by atoms with Crippen LogP contribution in [0.3, 0.4) is 0 Å². The molecule has 6 nitrogen and oxygen atoms in total. The van der Waals surface area contributed by atoms with Gasteiger partial charge in [0, 0.05) is 10.7 Å². The molecule has 13 heteroatoms. The Morgan fingerprint density at radius 1 is 1.18 bits per heavy atom. The number of hydrogen-bond acceptors (Lipinski definition) is 5. The van der Waals surface area contributed by atoms with Crippen molar-refractivity contribution in [3.05, 3.63) is 80.8 Å². The number of aromatic nitrogens is 1. The van der Waals surface area contributed by atoms with Crippen LogP contribution in [0, 0.1) is 5.82 Å². The standard InChI is InChI=1S/C20H12BrClF4N2O4S/c1-32-16-4-2-3-14(23)17(16)19(29)18-15(7-10(22)9-27-18)28-33(30,31)11-5-6-13(21)12(8-11)20(24,25)26/h2-9,28H,1H3. The Labute approximate surface area is 198 Å². The number of ether oxygens (including phenoxy) is 1. The Hall–Kier alpha value is -2.70. The van der Waals surface area contributed by atoms with E-state index >= 15 is 0 Å². The Morgan fingerprint density at radius 3 is 2.52 bits per heavy atom. The second-order valence-corrected chi connectivity index (χ2v) is 9.41. The second kappa shape index (κ2) is 9.27. The second-order valence-electron chi connectivity index (χ2n) is 6.44. The van der Waals surface area contributed by atoms with Crippen LogP contribution in [0.1, 0.15) is 21.6 Å². The maximum atomic E-state index is 14.4. The maximum absolute atomic E-state index is 14.4. The number of benzene rings is 2. The highest BCUT2D eigenvalue weighted by Crippen LogP contribution is 2.37. The fourth-order valence-electron chi connectivity index (χ4n) is 2.80. The van der Waals surface area contributed by atoms with E-state index in [1.54, 1.807) is 0 Å². The SMILES string of the molecule is COc1cccc(F)c1C(=O)c1ncc(Cl)cc1NS(=O)(=O)c1ccc(Br)c(C(F)(F)F)c1. The van der Waals surface area contributed by atoms with Crippen molar-refractivity contribution in [3.63, 3.8) is 0 Å². The highest BCUT2D eigenvalue weighted by atomic mass is 79.9. The van der Waals surface area contributed by atoms with Crippen LogP contribution in [-0.2, 0) is 16.2 Å². The maximum Gasteiger partial charge on any atom is 0.417 e.